The zero-order chi connectivity index (χ0) is 19.5. The normalized spacial score (nSPS) is 10.7. The molecule has 0 atom stereocenters. The van der Waals surface area contributed by atoms with Gasteiger partial charge in [0.05, 0.1) is 12.5 Å². The molecule has 0 aliphatic carbocycles. The van der Waals surface area contributed by atoms with Gasteiger partial charge in [-0.15, -0.1) is 0 Å². The number of aromatic nitrogens is 2. The zero-order valence-electron chi connectivity index (χ0n) is 14.4. The van der Waals surface area contributed by atoms with Gasteiger partial charge in [-0.25, -0.2) is 14.4 Å². The van der Waals surface area contributed by atoms with Crippen LogP contribution >= 0.6 is 0 Å². The first-order valence-electron chi connectivity index (χ1n) is 7.78. The highest BCUT2D eigenvalue weighted by Crippen LogP contribution is 1.97. The second-order valence-corrected chi connectivity index (χ2v) is 5.42. The molecule has 0 bridgehead atoms. The molecule has 26 heavy (non-hydrogen) atoms. The maximum absolute atomic E-state index is 11.4. The number of carbonyl (C=O) groups excluding carboxylic acids is 3. The van der Waals surface area contributed by atoms with Gasteiger partial charge >= 0.3 is 23.6 Å². The summed E-state index contributed by atoms with van der Waals surface area (Å²) in [6.45, 7) is 2.75. The molecular weight excluding hydrogens is 348 g/mol. The molecule has 0 spiro atoms. The molecule has 0 unspecified atom stereocenters. The van der Waals surface area contributed by atoms with E-state index in [1.54, 1.807) is 13.8 Å². The monoisotopic (exact) mass is 368 g/mol. The molecule has 142 valence electrons. The van der Waals surface area contributed by atoms with Gasteiger partial charge in [0.15, 0.2) is 0 Å². The summed E-state index contributed by atoms with van der Waals surface area (Å²) in [6, 6.07) is 1.24. The van der Waals surface area contributed by atoms with E-state index in [0.717, 1.165) is 12.2 Å². The number of aromatic amines is 2. The quantitative estimate of drug-likeness (QED) is 0.264. The molecule has 0 amide bonds. The third kappa shape index (κ3) is 8.62. The van der Waals surface area contributed by atoms with E-state index in [9.17, 15) is 24.0 Å². The van der Waals surface area contributed by atoms with Gasteiger partial charge in [0.25, 0.3) is 5.56 Å². The Bertz CT molecular complexity index is 747. The summed E-state index contributed by atoms with van der Waals surface area (Å²) < 4.78 is 14.1. The van der Waals surface area contributed by atoms with Crippen molar-refractivity contribution in [3.63, 3.8) is 0 Å². The average Bonchev–Trinajstić information content (AvgIpc) is 2.55. The highest BCUT2D eigenvalue weighted by Gasteiger charge is 2.09. The Labute approximate surface area is 148 Å². The number of hydrogen-bond donors (Lipinski definition) is 2. The maximum atomic E-state index is 11.4. The number of rotatable bonds is 9. The van der Waals surface area contributed by atoms with E-state index in [1.165, 1.54) is 6.07 Å². The number of H-pyrrole nitrogens is 2. The number of carbonyl (C=O) groups is 3. The molecule has 1 aromatic rings. The van der Waals surface area contributed by atoms with Gasteiger partial charge in [0, 0.05) is 23.9 Å². The van der Waals surface area contributed by atoms with Crippen LogP contribution in [0.5, 0.6) is 0 Å². The number of nitrogens with one attached hydrogen (secondary N) is 2. The van der Waals surface area contributed by atoms with Crippen LogP contribution < -0.4 is 11.2 Å². The Morgan fingerprint density at radius 2 is 1.69 bits per heavy atom. The molecule has 0 saturated heterocycles. The fraction of sp³-hybridized carbons (Fsp3) is 0.438. The Kier molecular flexibility index (Phi) is 8.55. The Morgan fingerprint density at radius 1 is 1.04 bits per heavy atom. The summed E-state index contributed by atoms with van der Waals surface area (Å²) in [4.78, 5) is 60.5. The van der Waals surface area contributed by atoms with Crippen LogP contribution in [0.15, 0.2) is 27.8 Å². The minimum atomic E-state index is -0.861. The maximum Gasteiger partial charge on any atom is 0.333 e. The summed E-state index contributed by atoms with van der Waals surface area (Å²) in [7, 11) is 0. The predicted molar refractivity (Wildman–Crippen MR) is 88.0 cm³/mol. The largest absolute Gasteiger partial charge is 0.463 e. The third-order valence-corrected chi connectivity index (χ3v) is 2.88. The Morgan fingerprint density at radius 3 is 2.31 bits per heavy atom. The minimum absolute atomic E-state index is 0.0268. The van der Waals surface area contributed by atoms with Crippen LogP contribution in [0.25, 0.3) is 0 Å². The number of hydrogen-bond acceptors (Lipinski definition) is 8. The highest BCUT2D eigenvalue weighted by atomic mass is 16.7. The lowest BCUT2D eigenvalue weighted by Crippen LogP contribution is -2.23. The van der Waals surface area contributed by atoms with Crippen molar-refractivity contribution in [2.75, 3.05) is 13.4 Å². The highest BCUT2D eigenvalue weighted by molar-refractivity contribution is 5.91. The van der Waals surface area contributed by atoms with Crippen molar-refractivity contribution in [3.05, 3.63) is 44.8 Å². The van der Waals surface area contributed by atoms with Crippen LogP contribution in [0.2, 0.25) is 0 Å². The minimum Gasteiger partial charge on any atom is -0.463 e. The van der Waals surface area contributed by atoms with E-state index in [4.69, 9.17) is 4.74 Å². The van der Waals surface area contributed by atoms with E-state index in [0.29, 0.717) is 18.5 Å². The number of esters is 3. The molecule has 0 radical (unpaired) electrons. The summed E-state index contributed by atoms with van der Waals surface area (Å²) in [5, 5.41) is 0. The lowest BCUT2D eigenvalue weighted by atomic mass is 10.2. The van der Waals surface area contributed by atoms with Gasteiger partial charge < -0.3 is 19.2 Å². The fourth-order valence-electron chi connectivity index (χ4n) is 1.63. The molecule has 1 aromatic heterocycles. The Hall–Kier alpha value is -3.17. The van der Waals surface area contributed by atoms with E-state index in [2.05, 4.69) is 14.5 Å². The van der Waals surface area contributed by atoms with Crippen molar-refractivity contribution < 1.29 is 28.6 Å². The van der Waals surface area contributed by atoms with Gasteiger partial charge in [-0.1, -0.05) is 13.8 Å². The van der Waals surface area contributed by atoms with Crippen molar-refractivity contribution in [1.29, 1.82) is 0 Å². The standard InChI is InChI=1S/C16H20N2O8/c1-10(2)15(22)26-9-25-14(21)6-5-13(20)24-7-3-4-11-8-12(19)18-16(23)17-11/h5-6,8,10H,3-4,7,9H2,1-2H3,(H2,17,18,19,23)/b6-5+. The molecule has 1 heterocycles. The second kappa shape index (κ2) is 10.6. The molecule has 0 aliphatic rings. The van der Waals surface area contributed by atoms with Gasteiger partial charge in [-0.2, -0.15) is 0 Å². The molecule has 0 fully saturated rings. The lowest BCUT2D eigenvalue weighted by molar-refractivity contribution is -0.166. The van der Waals surface area contributed by atoms with E-state index in [-0.39, 0.29) is 12.5 Å². The van der Waals surface area contributed by atoms with Crippen LogP contribution in [0.4, 0.5) is 0 Å². The second-order valence-electron chi connectivity index (χ2n) is 5.42. The van der Waals surface area contributed by atoms with Crippen LogP contribution in [-0.4, -0.2) is 41.3 Å². The Balaban J connectivity index is 2.23. The smallest absolute Gasteiger partial charge is 0.333 e. The van der Waals surface area contributed by atoms with Crippen molar-refractivity contribution in [2.45, 2.75) is 26.7 Å². The van der Waals surface area contributed by atoms with Gasteiger partial charge in [-0.05, 0) is 12.8 Å². The summed E-state index contributed by atoms with van der Waals surface area (Å²) in [6.07, 6.45) is 2.43. The molecule has 10 heteroatoms. The van der Waals surface area contributed by atoms with Gasteiger partial charge in [-0.3, -0.25) is 14.6 Å². The third-order valence-electron chi connectivity index (χ3n) is 2.88. The number of aryl methyl sites for hydroxylation is 1. The van der Waals surface area contributed by atoms with Crippen LogP contribution in [-0.2, 0) is 35.0 Å². The first-order chi connectivity index (χ1) is 12.3. The zero-order valence-corrected chi connectivity index (χ0v) is 14.4. The van der Waals surface area contributed by atoms with E-state index < -0.39 is 35.9 Å². The first kappa shape index (κ1) is 20.9. The van der Waals surface area contributed by atoms with Crippen molar-refractivity contribution in [2.24, 2.45) is 5.92 Å². The topological polar surface area (TPSA) is 145 Å². The van der Waals surface area contributed by atoms with Crippen molar-refractivity contribution in [1.82, 2.24) is 9.97 Å². The molecule has 0 saturated carbocycles. The predicted octanol–water partition coefficient (Wildman–Crippen LogP) is -0.205. The van der Waals surface area contributed by atoms with Crippen LogP contribution in [0.3, 0.4) is 0 Å². The summed E-state index contributed by atoms with van der Waals surface area (Å²) in [5.74, 6) is -2.48. The van der Waals surface area contributed by atoms with Gasteiger partial charge in [0.2, 0.25) is 6.79 Å². The lowest BCUT2D eigenvalue weighted by Gasteiger charge is -2.06. The van der Waals surface area contributed by atoms with Crippen molar-refractivity contribution >= 4 is 17.9 Å². The average molecular weight is 368 g/mol. The molecule has 10 nitrogen and oxygen atoms in total. The summed E-state index contributed by atoms with van der Waals surface area (Å²) in [5.41, 5.74) is -0.698. The van der Waals surface area contributed by atoms with Crippen LogP contribution in [0, 0.1) is 5.92 Å². The molecule has 0 aliphatic heterocycles. The van der Waals surface area contributed by atoms with E-state index >= 15 is 0 Å². The fourth-order valence-corrected chi connectivity index (χ4v) is 1.63. The molecular formula is C16H20N2O8. The summed E-state index contributed by atoms with van der Waals surface area (Å²) >= 11 is 0. The molecule has 2 N–H and O–H groups in total. The van der Waals surface area contributed by atoms with Crippen molar-refractivity contribution in [3.8, 4) is 0 Å². The molecule has 1 rings (SSSR count). The number of ether oxygens (including phenoxy) is 3. The molecule has 0 aromatic carbocycles. The van der Waals surface area contributed by atoms with E-state index in [1.807, 2.05) is 4.98 Å². The van der Waals surface area contributed by atoms with Gasteiger partial charge in [0.1, 0.15) is 0 Å². The first-order valence-corrected chi connectivity index (χ1v) is 7.78. The SMILES string of the molecule is CC(C)C(=O)OCOC(=O)/C=C/C(=O)OCCCc1cc(=O)[nH]c(=O)[nH]1. The van der Waals surface area contributed by atoms with Crippen LogP contribution in [0.1, 0.15) is 26.0 Å².